The van der Waals surface area contributed by atoms with E-state index in [0.717, 1.165) is 23.2 Å². The van der Waals surface area contributed by atoms with E-state index in [1.54, 1.807) is 24.3 Å². The highest BCUT2D eigenvalue weighted by molar-refractivity contribution is 7.92. The molecule has 4 nitrogen and oxygen atoms in total. The van der Waals surface area contributed by atoms with Crippen molar-refractivity contribution in [2.45, 2.75) is 12.2 Å². The predicted molar refractivity (Wildman–Crippen MR) is 81.0 cm³/mol. The number of fused-ring (bicyclic) bond motifs is 1. The van der Waals surface area contributed by atoms with Crippen molar-refractivity contribution >= 4 is 21.4 Å². The molecule has 0 saturated heterocycles. The summed E-state index contributed by atoms with van der Waals surface area (Å²) >= 11 is 0. The lowest BCUT2D eigenvalue weighted by atomic mass is 10.2. The average molecular weight is 288 g/mol. The van der Waals surface area contributed by atoms with E-state index in [1.807, 2.05) is 24.3 Å². The number of hydrogen-bond acceptors (Lipinski definition) is 3. The fourth-order valence-electron chi connectivity index (χ4n) is 2.57. The van der Waals surface area contributed by atoms with Gasteiger partial charge in [-0.05, 0) is 35.7 Å². The first kappa shape index (κ1) is 13.0. The van der Waals surface area contributed by atoms with Gasteiger partial charge in [0.25, 0.3) is 0 Å². The highest BCUT2D eigenvalue weighted by atomic mass is 32.2. The molecule has 0 aliphatic carbocycles. The molecular formula is C15H16N2O2S. The van der Waals surface area contributed by atoms with E-state index in [4.69, 9.17) is 5.73 Å². The lowest BCUT2D eigenvalue weighted by Crippen LogP contribution is -2.30. The number of benzene rings is 2. The van der Waals surface area contributed by atoms with Crippen molar-refractivity contribution in [3.05, 3.63) is 59.7 Å². The summed E-state index contributed by atoms with van der Waals surface area (Å²) in [7, 11) is -3.37. The van der Waals surface area contributed by atoms with E-state index in [-0.39, 0.29) is 5.75 Å². The van der Waals surface area contributed by atoms with Gasteiger partial charge in [0.05, 0.1) is 11.4 Å². The molecule has 5 heteroatoms. The zero-order valence-electron chi connectivity index (χ0n) is 11.0. The van der Waals surface area contributed by atoms with Crippen LogP contribution in [0.4, 0.5) is 11.4 Å². The monoisotopic (exact) mass is 288 g/mol. The van der Waals surface area contributed by atoms with Crippen molar-refractivity contribution in [2.75, 3.05) is 16.6 Å². The van der Waals surface area contributed by atoms with Crippen LogP contribution in [0.15, 0.2) is 48.5 Å². The number of anilines is 2. The van der Waals surface area contributed by atoms with Crippen molar-refractivity contribution in [2.24, 2.45) is 0 Å². The summed E-state index contributed by atoms with van der Waals surface area (Å²) in [6.07, 6.45) is 0.770. The van der Waals surface area contributed by atoms with Crippen LogP contribution in [0.3, 0.4) is 0 Å². The molecule has 0 aromatic heterocycles. The van der Waals surface area contributed by atoms with Gasteiger partial charge in [-0.25, -0.2) is 8.42 Å². The van der Waals surface area contributed by atoms with Gasteiger partial charge in [-0.2, -0.15) is 0 Å². The largest absolute Gasteiger partial charge is 0.399 e. The SMILES string of the molecule is Nc1cccc(CS(=O)(=O)N2CCc3ccccc32)c1. The third kappa shape index (κ3) is 2.36. The molecule has 0 amide bonds. The molecule has 20 heavy (non-hydrogen) atoms. The first-order valence-corrected chi connectivity index (χ1v) is 8.10. The van der Waals surface area contributed by atoms with Gasteiger partial charge in [-0.1, -0.05) is 30.3 Å². The van der Waals surface area contributed by atoms with Crippen LogP contribution in [-0.2, 0) is 22.2 Å². The van der Waals surface area contributed by atoms with Gasteiger partial charge in [0.1, 0.15) is 0 Å². The van der Waals surface area contributed by atoms with Gasteiger partial charge in [-0.3, -0.25) is 4.31 Å². The molecule has 2 N–H and O–H groups in total. The first-order chi connectivity index (χ1) is 9.56. The molecule has 1 aliphatic rings. The molecule has 0 bridgehead atoms. The summed E-state index contributed by atoms with van der Waals surface area (Å²) in [5.74, 6) is -0.0215. The minimum Gasteiger partial charge on any atom is -0.399 e. The van der Waals surface area contributed by atoms with Crippen LogP contribution in [0.5, 0.6) is 0 Å². The molecule has 0 atom stereocenters. The Bertz CT molecular complexity index is 741. The number of para-hydroxylation sites is 1. The number of nitrogen functional groups attached to an aromatic ring is 1. The summed E-state index contributed by atoms with van der Waals surface area (Å²) in [4.78, 5) is 0. The van der Waals surface area contributed by atoms with Crippen LogP contribution < -0.4 is 10.0 Å². The fourth-order valence-corrected chi connectivity index (χ4v) is 4.17. The maximum atomic E-state index is 12.6. The van der Waals surface area contributed by atoms with Gasteiger partial charge in [-0.15, -0.1) is 0 Å². The summed E-state index contributed by atoms with van der Waals surface area (Å²) < 4.78 is 26.6. The third-order valence-corrected chi connectivity index (χ3v) is 5.23. The average Bonchev–Trinajstić information content (AvgIpc) is 2.82. The Labute approximate surface area is 118 Å². The Kier molecular flexibility index (Phi) is 3.14. The minimum absolute atomic E-state index is 0.0215. The number of nitrogens with zero attached hydrogens (tertiary/aromatic N) is 1. The predicted octanol–water partition coefficient (Wildman–Crippen LogP) is 2.16. The molecular weight excluding hydrogens is 272 g/mol. The fraction of sp³-hybridized carbons (Fsp3) is 0.200. The Morgan fingerprint density at radius 1 is 1.10 bits per heavy atom. The summed E-state index contributed by atoms with van der Waals surface area (Å²) in [6, 6.07) is 14.7. The molecule has 1 heterocycles. The molecule has 0 radical (unpaired) electrons. The molecule has 0 saturated carbocycles. The highest BCUT2D eigenvalue weighted by Crippen LogP contribution is 2.31. The maximum Gasteiger partial charge on any atom is 0.239 e. The van der Waals surface area contributed by atoms with Crippen molar-refractivity contribution in [1.29, 1.82) is 0 Å². The molecule has 0 unspecified atom stereocenters. The second kappa shape index (κ2) is 4.83. The first-order valence-electron chi connectivity index (χ1n) is 6.49. The standard InChI is InChI=1S/C15H16N2O2S/c16-14-6-3-4-12(10-14)11-20(18,19)17-9-8-13-5-1-2-7-15(13)17/h1-7,10H,8-9,11,16H2. The van der Waals surface area contributed by atoms with Crippen LogP contribution in [0.2, 0.25) is 0 Å². The van der Waals surface area contributed by atoms with Gasteiger partial charge in [0, 0.05) is 12.2 Å². The normalized spacial score (nSPS) is 14.3. The van der Waals surface area contributed by atoms with E-state index in [9.17, 15) is 8.42 Å². The van der Waals surface area contributed by atoms with Crippen LogP contribution in [-0.4, -0.2) is 15.0 Å². The van der Waals surface area contributed by atoms with Crippen molar-refractivity contribution in [3.8, 4) is 0 Å². The Morgan fingerprint density at radius 3 is 2.70 bits per heavy atom. The van der Waals surface area contributed by atoms with Gasteiger partial charge in [0.15, 0.2) is 0 Å². The summed E-state index contributed by atoms with van der Waals surface area (Å²) in [5.41, 5.74) is 8.89. The molecule has 2 aromatic rings. The van der Waals surface area contributed by atoms with Crippen molar-refractivity contribution in [3.63, 3.8) is 0 Å². The van der Waals surface area contributed by atoms with Crippen LogP contribution in [0, 0.1) is 0 Å². The Hall–Kier alpha value is -2.01. The van der Waals surface area contributed by atoms with Crippen molar-refractivity contribution in [1.82, 2.24) is 0 Å². The topological polar surface area (TPSA) is 63.4 Å². The molecule has 104 valence electrons. The van der Waals surface area contributed by atoms with E-state index >= 15 is 0 Å². The number of sulfonamides is 1. The third-order valence-electron chi connectivity index (χ3n) is 3.48. The smallest absolute Gasteiger partial charge is 0.239 e. The Balaban J connectivity index is 1.90. The maximum absolute atomic E-state index is 12.6. The lowest BCUT2D eigenvalue weighted by molar-refractivity contribution is 0.591. The minimum atomic E-state index is -3.37. The number of hydrogen-bond donors (Lipinski definition) is 1. The van der Waals surface area contributed by atoms with Gasteiger partial charge >= 0.3 is 0 Å². The van der Waals surface area contributed by atoms with E-state index < -0.39 is 10.0 Å². The van der Waals surface area contributed by atoms with E-state index in [1.165, 1.54) is 4.31 Å². The van der Waals surface area contributed by atoms with Crippen LogP contribution >= 0.6 is 0 Å². The van der Waals surface area contributed by atoms with Gasteiger partial charge < -0.3 is 5.73 Å². The van der Waals surface area contributed by atoms with E-state index in [2.05, 4.69) is 0 Å². The second-order valence-electron chi connectivity index (χ2n) is 4.95. The summed E-state index contributed by atoms with van der Waals surface area (Å²) in [5, 5.41) is 0. The quantitative estimate of drug-likeness (QED) is 0.880. The van der Waals surface area contributed by atoms with Crippen molar-refractivity contribution < 1.29 is 8.42 Å². The lowest BCUT2D eigenvalue weighted by Gasteiger charge is -2.19. The number of rotatable bonds is 3. The van der Waals surface area contributed by atoms with Crippen LogP contribution in [0.1, 0.15) is 11.1 Å². The highest BCUT2D eigenvalue weighted by Gasteiger charge is 2.29. The van der Waals surface area contributed by atoms with E-state index in [0.29, 0.717) is 12.2 Å². The zero-order chi connectivity index (χ0) is 14.2. The second-order valence-corrected chi connectivity index (χ2v) is 6.85. The molecule has 1 aliphatic heterocycles. The van der Waals surface area contributed by atoms with Crippen LogP contribution in [0.25, 0.3) is 0 Å². The molecule has 3 rings (SSSR count). The molecule has 2 aromatic carbocycles. The Morgan fingerprint density at radius 2 is 1.90 bits per heavy atom. The summed E-state index contributed by atoms with van der Waals surface area (Å²) in [6.45, 7) is 0.518. The molecule has 0 fully saturated rings. The number of nitrogens with two attached hydrogens (primary N) is 1. The van der Waals surface area contributed by atoms with Gasteiger partial charge in [0.2, 0.25) is 10.0 Å². The zero-order valence-corrected chi connectivity index (χ0v) is 11.8. The molecule has 0 spiro atoms.